The zero-order chi connectivity index (χ0) is 18.6. The topological polar surface area (TPSA) is 120 Å². The van der Waals surface area contributed by atoms with Crippen LogP contribution in [0.4, 0.5) is 5.82 Å². The van der Waals surface area contributed by atoms with Gasteiger partial charge in [0.2, 0.25) is 5.89 Å². The Labute approximate surface area is 147 Å². The molecule has 3 heterocycles. The Kier molecular flexibility index (Phi) is 3.30. The Morgan fingerprint density at radius 2 is 1.81 bits per heavy atom. The van der Waals surface area contributed by atoms with Crippen molar-refractivity contribution < 1.29 is 14.0 Å². The van der Waals surface area contributed by atoms with E-state index >= 15 is 0 Å². The first-order valence-corrected chi connectivity index (χ1v) is 7.83. The number of amides is 2. The van der Waals surface area contributed by atoms with E-state index in [9.17, 15) is 14.4 Å². The minimum Gasteiger partial charge on any atom is -0.441 e. The van der Waals surface area contributed by atoms with Gasteiger partial charge in [-0.05, 0) is 26.0 Å². The number of oxazole rings is 1. The molecule has 0 saturated heterocycles. The van der Waals surface area contributed by atoms with E-state index in [2.05, 4.69) is 10.3 Å². The molecule has 1 aliphatic heterocycles. The van der Waals surface area contributed by atoms with Gasteiger partial charge in [0.25, 0.3) is 17.4 Å². The maximum atomic E-state index is 12.6. The molecule has 2 amide bonds. The van der Waals surface area contributed by atoms with Gasteiger partial charge in [-0.3, -0.25) is 24.3 Å². The van der Waals surface area contributed by atoms with Crippen molar-refractivity contribution in [3.8, 4) is 17.1 Å². The van der Waals surface area contributed by atoms with Crippen LogP contribution in [0.15, 0.2) is 39.5 Å². The molecule has 0 bridgehead atoms. The molecule has 0 fully saturated rings. The zero-order valence-corrected chi connectivity index (χ0v) is 14.0. The van der Waals surface area contributed by atoms with Crippen LogP contribution in [-0.2, 0) is 0 Å². The fourth-order valence-electron chi connectivity index (χ4n) is 2.97. The van der Waals surface area contributed by atoms with E-state index in [0.29, 0.717) is 22.9 Å². The van der Waals surface area contributed by atoms with Gasteiger partial charge < -0.3 is 10.2 Å². The molecule has 0 unspecified atom stereocenters. The number of para-hydroxylation sites is 1. The van der Waals surface area contributed by atoms with Crippen LogP contribution in [0.5, 0.6) is 0 Å². The number of fused-ring (bicyclic) bond motifs is 1. The monoisotopic (exact) mass is 350 g/mol. The molecule has 0 aliphatic carbocycles. The number of hydrogen-bond donors (Lipinski definition) is 2. The Bertz CT molecular complexity index is 1140. The van der Waals surface area contributed by atoms with Crippen molar-refractivity contribution >= 4 is 17.6 Å². The maximum Gasteiger partial charge on any atom is 0.262 e. The van der Waals surface area contributed by atoms with Crippen LogP contribution in [-0.4, -0.2) is 21.4 Å². The molecule has 1 aromatic carbocycles. The number of nitrogens with one attached hydrogen (secondary N) is 1. The van der Waals surface area contributed by atoms with Gasteiger partial charge in [0.15, 0.2) is 0 Å². The Morgan fingerprint density at radius 1 is 1.08 bits per heavy atom. The van der Waals surface area contributed by atoms with Crippen molar-refractivity contribution in [2.75, 3.05) is 5.73 Å². The first kappa shape index (κ1) is 15.8. The number of nitrogens with zero attached hydrogens (tertiary/aromatic N) is 2. The lowest BCUT2D eigenvalue weighted by molar-refractivity contribution is 0.0880. The maximum absolute atomic E-state index is 12.6. The fourth-order valence-corrected chi connectivity index (χ4v) is 2.97. The normalized spacial score (nSPS) is 13.0. The van der Waals surface area contributed by atoms with Crippen LogP contribution >= 0.6 is 0 Å². The van der Waals surface area contributed by atoms with Gasteiger partial charge in [0.1, 0.15) is 11.6 Å². The molecule has 4 rings (SSSR count). The summed E-state index contributed by atoms with van der Waals surface area (Å²) in [5.74, 6) is -0.370. The van der Waals surface area contributed by atoms with Gasteiger partial charge in [-0.15, -0.1) is 0 Å². The molecule has 0 spiro atoms. The summed E-state index contributed by atoms with van der Waals surface area (Å²) < 4.78 is 6.85. The second kappa shape index (κ2) is 5.41. The lowest BCUT2D eigenvalue weighted by Crippen LogP contribution is -2.24. The number of carbonyl (C=O) groups excluding carboxylic acids is 2. The number of nitrogens with two attached hydrogens (primary N) is 1. The second-order valence-electron chi connectivity index (χ2n) is 5.95. The van der Waals surface area contributed by atoms with Crippen LogP contribution in [0.2, 0.25) is 0 Å². The standard InChI is InChI=1S/C18H14N4O4/c1-8-9(2)26-18(20-8)10-5-3-4-6-12(10)22-13(23)7-11-14(15(22)19)17(25)21-16(11)24/h3-7H,19H2,1-2H3,(H,21,24,25). The van der Waals surface area contributed by atoms with E-state index in [0.717, 1.165) is 11.8 Å². The van der Waals surface area contributed by atoms with E-state index in [4.69, 9.17) is 10.2 Å². The van der Waals surface area contributed by atoms with Gasteiger partial charge in [-0.2, -0.15) is 0 Å². The van der Waals surface area contributed by atoms with Gasteiger partial charge in [0, 0.05) is 6.07 Å². The number of anilines is 1. The molecule has 0 atom stereocenters. The molecule has 3 aromatic rings. The summed E-state index contributed by atoms with van der Waals surface area (Å²) >= 11 is 0. The average Bonchev–Trinajstić information content (AvgIpc) is 3.07. The van der Waals surface area contributed by atoms with Crippen molar-refractivity contribution in [3.05, 3.63) is 63.3 Å². The molecule has 0 saturated carbocycles. The summed E-state index contributed by atoms with van der Waals surface area (Å²) in [6.45, 7) is 3.61. The molecule has 8 nitrogen and oxygen atoms in total. The number of nitrogen functional groups attached to an aromatic ring is 1. The third kappa shape index (κ3) is 2.16. The number of rotatable bonds is 2. The quantitative estimate of drug-likeness (QED) is 0.677. The summed E-state index contributed by atoms with van der Waals surface area (Å²) in [5.41, 5.74) is 7.23. The number of pyridine rings is 1. The Balaban J connectivity index is 2.02. The second-order valence-corrected chi connectivity index (χ2v) is 5.95. The van der Waals surface area contributed by atoms with Crippen LogP contribution in [0.25, 0.3) is 17.1 Å². The minimum atomic E-state index is -0.631. The molecule has 0 radical (unpaired) electrons. The highest BCUT2D eigenvalue weighted by atomic mass is 16.4. The summed E-state index contributed by atoms with van der Waals surface area (Å²) in [6, 6.07) is 8.02. The highest BCUT2D eigenvalue weighted by Gasteiger charge is 2.32. The number of hydrogen-bond acceptors (Lipinski definition) is 6. The molecule has 2 aromatic heterocycles. The van der Waals surface area contributed by atoms with Crippen LogP contribution in [0.3, 0.4) is 0 Å². The summed E-state index contributed by atoms with van der Waals surface area (Å²) in [7, 11) is 0. The SMILES string of the molecule is Cc1nc(-c2ccccc2-n2c(N)c3c(cc2=O)C(=O)NC3=O)oc1C. The zero-order valence-electron chi connectivity index (χ0n) is 14.0. The van der Waals surface area contributed by atoms with Gasteiger partial charge in [0.05, 0.1) is 28.1 Å². The lowest BCUT2D eigenvalue weighted by atomic mass is 10.1. The molecular formula is C18H14N4O4. The van der Waals surface area contributed by atoms with Gasteiger partial charge in [-0.1, -0.05) is 12.1 Å². The smallest absolute Gasteiger partial charge is 0.262 e. The van der Waals surface area contributed by atoms with Gasteiger partial charge >= 0.3 is 0 Å². The summed E-state index contributed by atoms with van der Waals surface area (Å²) in [5, 5.41) is 2.15. The largest absolute Gasteiger partial charge is 0.441 e. The van der Waals surface area contributed by atoms with E-state index in [1.807, 2.05) is 6.92 Å². The van der Waals surface area contributed by atoms with E-state index in [1.54, 1.807) is 31.2 Å². The number of aromatic nitrogens is 2. The van der Waals surface area contributed by atoms with Crippen molar-refractivity contribution in [3.63, 3.8) is 0 Å². The Morgan fingerprint density at radius 3 is 2.50 bits per heavy atom. The highest BCUT2D eigenvalue weighted by Crippen LogP contribution is 2.30. The first-order chi connectivity index (χ1) is 12.4. The van der Waals surface area contributed by atoms with Crippen LogP contribution in [0, 0.1) is 13.8 Å². The van der Waals surface area contributed by atoms with E-state index < -0.39 is 17.4 Å². The van der Waals surface area contributed by atoms with Crippen LogP contribution < -0.4 is 16.6 Å². The fraction of sp³-hybridized carbons (Fsp3) is 0.111. The van der Waals surface area contributed by atoms with E-state index in [1.165, 1.54) is 4.57 Å². The highest BCUT2D eigenvalue weighted by molar-refractivity contribution is 6.23. The number of imide groups is 1. The lowest BCUT2D eigenvalue weighted by Gasteiger charge is -2.14. The third-order valence-corrected chi connectivity index (χ3v) is 4.36. The summed E-state index contributed by atoms with van der Waals surface area (Å²) in [6.07, 6.45) is 0. The molecule has 26 heavy (non-hydrogen) atoms. The minimum absolute atomic E-state index is 0.0100. The van der Waals surface area contributed by atoms with Crippen molar-refractivity contribution in [2.24, 2.45) is 0 Å². The number of benzene rings is 1. The van der Waals surface area contributed by atoms with Crippen molar-refractivity contribution in [2.45, 2.75) is 13.8 Å². The molecule has 130 valence electrons. The Hall–Kier alpha value is -3.68. The predicted octanol–water partition coefficient (Wildman–Crippen LogP) is 1.58. The number of aryl methyl sites for hydroxylation is 2. The van der Waals surface area contributed by atoms with Crippen molar-refractivity contribution in [1.29, 1.82) is 0 Å². The molecule has 1 aliphatic rings. The summed E-state index contributed by atoms with van der Waals surface area (Å²) in [4.78, 5) is 40.9. The average molecular weight is 350 g/mol. The predicted molar refractivity (Wildman–Crippen MR) is 93.2 cm³/mol. The molecule has 8 heteroatoms. The number of carbonyl (C=O) groups is 2. The first-order valence-electron chi connectivity index (χ1n) is 7.83. The molecular weight excluding hydrogens is 336 g/mol. The third-order valence-electron chi connectivity index (χ3n) is 4.36. The van der Waals surface area contributed by atoms with Crippen molar-refractivity contribution in [1.82, 2.24) is 14.9 Å². The van der Waals surface area contributed by atoms with E-state index in [-0.39, 0.29) is 16.9 Å². The van der Waals surface area contributed by atoms with Gasteiger partial charge in [-0.25, -0.2) is 4.98 Å². The van der Waals surface area contributed by atoms with Crippen LogP contribution in [0.1, 0.15) is 32.2 Å². The molecule has 3 N–H and O–H groups in total.